The average molecular weight is 278 g/mol. The van der Waals surface area contributed by atoms with Crippen molar-refractivity contribution in [2.75, 3.05) is 30.8 Å². The van der Waals surface area contributed by atoms with E-state index in [0.29, 0.717) is 5.82 Å². The minimum absolute atomic E-state index is 0.109. The van der Waals surface area contributed by atoms with Crippen molar-refractivity contribution >= 4 is 11.6 Å². The number of aromatic nitrogens is 2. The van der Waals surface area contributed by atoms with E-state index < -0.39 is 0 Å². The van der Waals surface area contributed by atoms with E-state index in [0.717, 1.165) is 43.1 Å². The molecule has 1 fully saturated rings. The molecule has 20 heavy (non-hydrogen) atoms. The van der Waals surface area contributed by atoms with Crippen LogP contribution in [0.2, 0.25) is 0 Å². The van der Waals surface area contributed by atoms with Crippen LogP contribution < -0.4 is 10.6 Å². The maximum atomic E-state index is 6.06. The molecular weight excluding hydrogens is 252 g/mol. The van der Waals surface area contributed by atoms with Crippen LogP contribution in [0, 0.1) is 6.92 Å². The number of hydrogen-bond acceptors (Lipinski definition) is 5. The predicted octanol–water partition coefficient (Wildman–Crippen LogP) is 2.50. The van der Waals surface area contributed by atoms with Crippen molar-refractivity contribution < 1.29 is 4.74 Å². The summed E-state index contributed by atoms with van der Waals surface area (Å²) in [5, 5.41) is 0. The van der Waals surface area contributed by atoms with E-state index in [1.807, 2.05) is 6.92 Å². The maximum Gasteiger partial charge on any atom is 0.137 e. The zero-order valence-corrected chi connectivity index (χ0v) is 13.2. The summed E-state index contributed by atoms with van der Waals surface area (Å²) >= 11 is 0. The number of nitrogens with zero attached hydrogens (tertiary/aromatic N) is 3. The molecular formula is C15H26N4O. The zero-order chi connectivity index (χ0) is 14.9. The van der Waals surface area contributed by atoms with Crippen LogP contribution in [0.3, 0.4) is 0 Å². The largest absolute Gasteiger partial charge is 0.383 e. The standard InChI is InChI=1S/C15H26N4O/c1-10(2)13-17-12(16)11(3)14(18-13)19-8-6-7-15(4,9-19)20-5/h10H,6-9H2,1-5H3,(H2,16,17,18). The summed E-state index contributed by atoms with van der Waals surface area (Å²) in [6.07, 6.45) is 2.18. The second-order valence-electron chi connectivity index (χ2n) is 6.25. The van der Waals surface area contributed by atoms with Crippen LogP contribution in [0.1, 0.15) is 50.9 Å². The molecule has 0 aliphatic carbocycles. The van der Waals surface area contributed by atoms with Crippen molar-refractivity contribution in [2.45, 2.75) is 52.1 Å². The Kier molecular flexibility index (Phi) is 4.18. The Bertz CT molecular complexity index is 489. The Morgan fingerprint density at radius 2 is 2.05 bits per heavy atom. The van der Waals surface area contributed by atoms with E-state index >= 15 is 0 Å². The lowest BCUT2D eigenvalue weighted by molar-refractivity contribution is -0.00484. The number of piperidine rings is 1. The fourth-order valence-electron chi connectivity index (χ4n) is 2.66. The maximum absolute atomic E-state index is 6.06. The topological polar surface area (TPSA) is 64.3 Å². The summed E-state index contributed by atoms with van der Waals surface area (Å²) in [4.78, 5) is 11.4. The van der Waals surface area contributed by atoms with Crippen molar-refractivity contribution in [3.63, 3.8) is 0 Å². The number of nitrogens with two attached hydrogens (primary N) is 1. The number of anilines is 2. The molecule has 0 bridgehead atoms. The van der Waals surface area contributed by atoms with Crippen LogP contribution in [0.15, 0.2) is 0 Å². The highest BCUT2D eigenvalue weighted by Gasteiger charge is 2.32. The van der Waals surface area contributed by atoms with Crippen molar-refractivity contribution in [1.82, 2.24) is 9.97 Å². The van der Waals surface area contributed by atoms with Gasteiger partial charge in [0.25, 0.3) is 0 Å². The predicted molar refractivity (Wildman–Crippen MR) is 82.1 cm³/mol. The van der Waals surface area contributed by atoms with Gasteiger partial charge in [-0.05, 0) is 26.7 Å². The Balaban J connectivity index is 2.36. The Labute approximate surface area is 121 Å². The molecule has 0 spiro atoms. The van der Waals surface area contributed by atoms with Gasteiger partial charge >= 0.3 is 0 Å². The van der Waals surface area contributed by atoms with Gasteiger partial charge in [0.15, 0.2) is 0 Å². The Morgan fingerprint density at radius 1 is 1.35 bits per heavy atom. The highest BCUT2D eigenvalue weighted by Crippen LogP contribution is 2.31. The lowest BCUT2D eigenvalue weighted by atomic mass is 9.94. The first kappa shape index (κ1) is 15.0. The SMILES string of the molecule is COC1(C)CCCN(c2nc(C(C)C)nc(N)c2C)C1. The average Bonchev–Trinajstić information content (AvgIpc) is 2.41. The highest BCUT2D eigenvalue weighted by atomic mass is 16.5. The summed E-state index contributed by atoms with van der Waals surface area (Å²) in [6.45, 7) is 10.2. The van der Waals surface area contributed by atoms with Gasteiger partial charge in [0.1, 0.15) is 17.5 Å². The molecule has 1 saturated heterocycles. The summed E-state index contributed by atoms with van der Waals surface area (Å²) in [5.41, 5.74) is 6.92. The van der Waals surface area contributed by atoms with Crippen LogP contribution in [-0.4, -0.2) is 35.8 Å². The third-order valence-corrected chi connectivity index (χ3v) is 4.14. The molecule has 0 aromatic carbocycles. The van der Waals surface area contributed by atoms with Crippen molar-refractivity contribution in [1.29, 1.82) is 0 Å². The molecule has 112 valence electrons. The summed E-state index contributed by atoms with van der Waals surface area (Å²) < 4.78 is 5.66. The fourth-order valence-corrected chi connectivity index (χ4v) is 2.66. The minimum Gasteiger partial charge on any atom is -0.383 e. The van der Waals surface area contributed by atoms with Crippen LogP contribution >= 0.6 is 0 Å². The van der Waals surface area contributed by atoms with E-state index in [2.05, 4.69) is 30.7 Å². The van der Waals surface area contributed by atoms with Crippen molar-refractivity contribution in [2.24, 2.45) is 0 Å². The molecule has 1 aliphatic heterocycles. The first-order valence-electron chi connectivity index (χ1n) is 7.30. The second kappa shape index (κ2) is 5.56. The van der Waals surface area contributed by atoms with Gasteiger partial charge < -0.3 is 15.4 Å². The molecule has 2 heterocycles. The molecule has 1 atom stereocenters. The number of nitrogen functional groups attached to an aromatic ring is 1. The summed E-state index contributed by atoms with van der Waals surface area (Å²) in [5.74, 6) is 2.63. The van der Waals surface area contributed by atoms with E-state index in [-0.39, 0.29) is 11.5 Å². The third kappa shape index (κ3) is 2.87. The van der Waals surface area contributed by atoms with Crippen LogP contribution in [0.4, 0.5) is 11.6 Å². The zero-order valence-electron chi connectivity index (χ0n) is 13.2. The number of methoxy groups -OCH3 is 1. The number of rotatable bonds is 3. The van der Waals surface area contributed by atoms with Gasteiger partial charge in [0.05, 0.1) is 5.60 Å². The van der Waals surface area contributed by atoms with Gasteiger partial charge in [-0.3, -0.25) is 0 Å². The molecule has 1 aromatic heterocycles. The monoisotopic (exact) mass is 278 g/mol. The normalized spacial score (nSPS) is 23.4. The first-order chi connectivity index (χ1) is 9.36. The molecule has 0 radical (unpaired) electrons. The van der Waals surface area contributed by atoms with E-state index in [9.17, 15) is 0 Å². The Morgan fingerprint density at radius 3 is 2.65 bits per heavy atom. The Hall–Kier alpha value is -1.36. The van der Waals surface area contributed by atoms with Gasteiger partial charge in [-0.2, -0.15) is 0 Å². The molecule has 0 saturated carbocycles. The summed E-state index contributed by atoms with van der Waals surface area (Å²) in [7, 11) is 1.78. The minimum atomic E-state index is -0.109. The molecule has 2 N–H and O–H groups in total. The van der Waals surface area contributed by atoms with Crippen LogP contribution in [0.5, 0.6) is 0 Å². The van der Waals surface area contributed by atoms with Crippen molar-refractivity contribution in [3.05, 3.63) is 11.4 Å². The van der Waals surface area contributed by atoms with Gasteiger partial charge in [0.2, 0.25) is 0 Å². The third-order valence-electron chi connectivity index (χ3n) is 4.14. The smallest absolute Gasteiger partial charge is 0.137 e. The van der Waals surface area contributed by atoms with Gasteiger partial charge in [-0.1, -0.05) is 13.8 Å². The van der Waals surface area contributed by atoms with E-state index in [1.165, 1.54) is 0 Å². The first-order valence-corrected chi connectivity index (χ1v) is 7.30. The molecule has 2 rings (SSSR count). The van der Waals surface area contributed by atoms with E-state index in [1.54, 1.807) is 7.11 Å². The molecule has 1 aliphatic rings. The molecule has 1 aromatic rings. The molecule has 0 amide bonds. The van der Waals surface area contributed by atoms with Crippen LogP contribution in [0.25, 0.3) is 0 Å². The number of hydrogen-bond donors (Lipinski definition) is 1. The van der Waals surface area contributed by atoms with Gasteiger partial charge in [0, 0.05) is 31.7 Å². The molecule has 5 nitrogen and oxygen atoms in total. The lowest BCUT2D eigenvalue weighted by Crippen LogP contribution is -2.48. The van der Waals surface area contributed by atoms with E-state index in [4.69, 9.17) is 15.5 Å². The highest BCUT2D eigenvalue weighted by molar-refractivity contribution is 5.57. The lowest BCUT2D eigenvalue weighted by Gasteiger charge is -2.40. The molecule has 1 unspecified atom stereocenters. The number of ether oxygens (including phenoxy) is 1. The molecule has 5 heteroatoms. The summed E-state index contributed by atoms with van der Waals surface area (Å²) in [6, 6.07) is 0. The van der Waals surface area contributed by atoms with Gasteiger partial charge in [-0.25, -0.2) is 9.97 Å². The fraction of sp³-hybridized carbons (Fsp3) is 0.733. The quantitative estimate of drug-likeness (QED) is 0.920. The van der Waals surface area contributed by atoms with Crippen LogP contribution in [-0.2, 0) is 4.74 Å². The van der Waals surface area contributed by atoms with Crippen molar-refractivity contribution in [3.8, 4) is 0 Å². The second-order valence-corrected chi connectivity index (χ2v) is 6.25. The van der Waals surface area contributed by atoms with Gasteiger partial charge in [-0.15, -0.1) is 0 Å².